The van der Waals surface area contributed by atoms with Crippen LogP contribution in [0.1, 0.15) is 18.4 Å². The fraction of sp³-hybridized carbons (Fsp3) is 0.583. The normalized spacial score (nSPS) is 22.4. The number of hydrogen-bond donors (Lipinski definition) is 0. The van der Waals surface area contributed by atoms with Crippen molar-refractivity contribution < 1.29 is 4.74 Å². The summed E-state index contributed by atoms with van der Waals surface area (Å²) in [5.74, 6) is 0. The van der Waals surface area contributed by atoms with Gasteiger partial charge in [0, 0.05) is 13.2 Å². The summed E-state index contributed by atoms with van der Waals surface area (Å²) >= 11 is 3.57. The lowest BCUT2D eigenvalue weighted by Crippen LogP contribution is -2.32. The van der Waals surface area contributed by atoms with Crippen molar-refractivity contribution in [2.45, 2.75) is 25.4 Å². The second kappa shape index (κ2) is 5.19. The molecule has 0 amide bonds. The van der Waals surface area contributed by atoms with E-state index in [1.165, 1.54) is 29.4 Å². The fourth-order valence-corrected chi connectivity index (χ4v) is 2.68. The van der Waals surface area contributed by atoms with Gasteiger partial charge in [-0.3, -0.25) is 0 Å². The van der Waals surface area contributed by atoms with Crippen molar-refractivity contribution >= 4 is 15.9 Å². The number of methoxy groups -OCH3 is 1. The first-order valence-corrected chi connectivity index (χ1v) is 6.23. The minimum Gasteiger partial charge on any atom is -0.383 e. The van der Waals surface area contributed by atoms with E-state index >= 15 is 0 Å². The Labute approximate surface area is 99.7 Å². The van der Waals surface area contributed by atoms with Crippen LogP contribution in [0.5, 0.6) is 0 Å². The van der Waals surface area contributed by atoms with E-state index in [1.807, 2.05) is 0 Å². The zero-order valence-corrected chi connectivity index (χ0v) is 10.7. The Morgan fingerprint density at radius 1 is 1.67 bits per heavy atom. The van der Waals surface area contributed by atoms with Crippen LogP contribution in [0.4, 0.5) is 0 Å². The van der Waals surface area contributed by atoms with E-state index < -0.39 is 0 Å². The fourth-order valence-electron chi connectivity index (χ4n) is 2.27. The van der Waals surface area contributed by atoms with Crippen molar-refractivity contribution in [2.75, 3.05) is 20.3 Å². The predicted molar refractivity (Wildman–Crippen MR) is 65.0 cm³/mol. The molecule has 1 fully saturated rings. The second-order valence-corrected chi connectivity index (χ2v) is 4.98. The Morgan fingerprint density at radius 2 is 2.53 bits per heavy atom. The lowest BCUT2D eigenvalue weighted by molar-refractivity contribution is 0.112. The molecule has 0 unspecified atom stereocenters. The van der Waals surface area contributed by atoms with Crippen molar-refractivity contribution in [3.8, 4) is 0 Å². The number of nitrogens with zero attached hydrogens (tertiary/aromatic N) is 1. The van der Waals surface area contributed by atoms with Crippen LogP contribution >= 0.6 is 15.9 Å². The Morgan fingerprint density at radius 3 is 3.20 bits per heavy atom. The van der Waals surface area contributed by atoms with Gasteiger partial charge < -0.3 is 9.64 Å². The van der Waals surface area contributed by atoms with Gasteiger partial charge in [0.15, 0.2) is 0 Å². The molecule has 0 spiro atoms. The van der Waals surface area contributed by atoms with Gasteiger partial charge in [0.05, 0.1) is 6.61 Å². The minimum atomic E-state index is 0.608. The molecule has 1 saturated heterocycles. The van der Waals surface area contributed by atoms with Crippen LogP contribution in [-0.2, 0) is 11.3 Å². The molecule has 1 aromatic carbocycles. The molecule has 0 saturated carbocycles. The molecule has 0 bridgehead atoms. The molecular formula is C12H17BrNO-. The molecule has 0 N–H and O–H groups in total. The molecule has 15 heavy (non-hydrogen) atoms. The average Bonchev–Trinajstić information content (AvgIpc) is 2.80. The highest BCUT2D eigenvalue weighted by Gasteiger charge is 2.23. The maximum Gasteiger partial charge on any atom is 0.0617 e. The monoisotopic (exact) mass is 270 g/mol. The van der Waals surface area contributed by atoms with Crippen LogP contribution < -0.4 is 0 Å². The van der Waals surface area contributed by atoms with Gasteiger partial charge in [-0.15, -0.1) is 5.56 Å². The minimum absolute atomic E-state index is 0.608. The van der Waals surface area contributed by atoms with Crippen LogP contribution in [0, 0.1) is 0 Å². The molecule has 0 radical (unpaired) electrons. The summed E-state index contributed by atoms with van der Waals surface area (Å²) in [7, 11) is 1.79. The maximum absolute atomic E-state index is 5.25. The molecule has 1 heterocycles. The van der Waals surface area contributed by atoms with Gasteiger partial charge in [-0.1, -0.05) is 20.4 Å². The van der Waals surface area contributed by atoms with E-state index in [4.69, 9.17) is 4.74 Å². The molecule has 3 heteroatoms. The van der Waals surface area contributed by atoms with Gasteiger partial charge >= 0.3 is 0 Å². The SMILES string of the molecule is COC[C@@H]1CCCN1C[c-]1cccc1Br. The molecule has 0 aliphatic carbocycles. The molecule has 1 atom stereocenters. The van der Waals surface area contributed by atoms with E-state index in [0.717, 1.165) is 13.2 Å². The summed E-state index contributed by atoms with van der Waals surface area (Å²) in [6.07, 6.45) is 2.57. The van der Waals surface area contributed by atoms with Crippen LogP contribution in [0.15, 0.2) is 22.7 Å². The number of likely N-dealkylation sites (tertiary alicyclic amines) is 1. The van der Waals surface area contributed by atoms with Gasteiger partial charge in [0.25, 0.3) is 0 Å². The summed E-state index contributed by atoms with van der Waals surface area (Å²) in [5, 5.41) is 0. The average molecular weight is 271 g/mol. The third kappa shape index (κ3) is 2.65. The smallest absolute Gasteiger partial charge is 0.0617 e. The van der Waals surface area contributed by atoms with Crippen LogP contribution in [-0.4, -0.2) is 31.2 Å². The highest BCUT2D eigenvalue weighted by atomic mass is 79.9. The van der Waals surface area contributed by atoms with Crippen LogP contribution in [0.2, 0.25) is 0 Å². The second-order valence-electron chi connectivity index (χ2n) is 4.12. The van der Waals surface area contributed by atoms with Gasteiger partial charge in [0.1, 0.15) is 0 Å². The molecule has 1 aliphatic rings. The number of halogens is 1. The van der Waals surface area contributed by atoms with E-state index in [1.54, 1.807) is 7.11 Å². The Kier molecular flexibility index (Phi) is 3.89. The zero-order chi connectivity index (χ0) is 10.7. The predicted octanol–water partition coefficient (Wildman–Crippen LogP) is 2.78. The van der Waals surface area contributed by atoms with Gasteiger partial charge in [-0.25, -0.2) is 6.07 Å². The summed E-state index contributed by atoms with van der Waals surface area (Å²) in [6.45, 7) is 3.10. The molecule has 0 aromatic heterocycles. The third-order valence-electron chi connectivity index (χ3n) is 3.08. The lowest BCUT2D eigenvalue weighted by atomic mass is 10.2. The highest BCUT2D eigenvalue weighted by Crippen LogP contribution is 2.24. The first kappa shape index (κ1) is 11.2. The standard InChI is InChI=1S/C12H17BrNO/c1-15-9-11-5-3-7-14(11)8-10-4-2-6-12(10)13/h2,4,6,11H,3,5,7-9H2,1H3/q-1/t11-/m0/s1. The molecule has 2 rings (SSSR count). The first-order valence-electron chi connectivity index (χ1n) is 5.44. The van der Waals surface area contributed by atoms with E-state index in [0.29, 0.717) is 6.04 Å². The third-order valence-corrected chi connectivity index (χ3v) is 3.85. The molecule has 1 aliphatic heterocycles. The lowest BCUT2D eigenvalue weighted by Gasteiger charge is -2.25. The van der Waals surface area contributed by atoms with Gasteiger partial charge in [0.2, 0.25) is 0 Å². The summed E-state index contributed by atoms with van der Waals surface area (Å²) in [4.78, 5) is 2.52. The summed E-state index contributed by atoms with van der Waals surface area (Å²) in [6, 6.07) is 7.00. The molecule has 84 valence electrons. The topological polar surface area (TPSA) is 12.5 Å². The molecule has 1 aromatic rings. The number of rotatable bonds is 4. The van der Waals surface area contributed by atoms with Crippen molar-refractivity contribution in [3.63, 3.8) is 0 Å². The zero-order valence-electron chi connectivity index (χ0n) is 9.08. The van der Waals surface area contributed by atoms with E-state index in [9.17, 15) is 0 Å². The van der Waals surface area contributed by atoms with Crippen molar-refractivity contribution in [3.05, 3.63) is 28.2 Å². The van der Waals surface area contributed by atoms with Crippen molar-refractivity contribution in [2.24, 2.45) is 0 Å². The van der Waals surface area contributed by atoms with Crippen molar-refractivity contribution in [1.29, 1.82) is 0 Å². The Hall–Kier alpha value is -0.250. The largest absolute Gasteiger partial charge is 0.383 e. The summed E-state index contributed by atoms with van der Waals surface area (Å²) < 4.78 is 6.48. The van der Waals surface area contributed by atoms with Gasteiger partial charge in [-0.05, 0) is 25.9 Å². The van der Waals surface area contributed by atoms with Crippen molar-refractivity contribution in [1.82, 2.24) is 4.90 Å². The maximum atomic E-state index is 5.25. The Bertz CT molecular complexity index is 310. The quantitative estimate of drug-likeness (QED) is 0.781. The Balaban J connectivity index is 1.96. The van der Waals surface area contributed by atoms with E-state index in [2.05, 4.69) is 39.0 Å². The van der Waals surface area contributed by atoms with E-state index in [-0.39, 0.29) is 0 Å². The van der Waals surface area contributed by atoms with Crippen LogP contribution in [0.3, 0.4) is 0 Å². The highest BCUT2D eigenvalue weighted by molar-refractivity contribution is 9.10. The molecular weight excluding hydrogens is 254 g/mol. The van der Waals surface area contributed by atoms with Crippen LogP contribution in [0.25, 0.3) is 0 Å². The molecule has 2 nitrogen and oxygen atoms in total. The van der Waals surface area contributed by atoms with Gasteiger partial charge in [-0.2, -0.15) is 12.1 Å². The first-order chi connectivity index (χ1) is 7.31. The number of ether oxygens (including phenoxy) is 1. The summed E-state index contributed by atoms with van der Waals surface area (Å²) in [5.41, 5.74) is 1.39. The number of hydrogen-bond acceptors (Lipinski definition) is 2.